The van der Waals surface area contributed by atoms with Crippen molar-refractivity contribution in [1.82, 2.24) is 0 Å². The van der Waals surface area contributed by atoms with Gasteiger partial charge in [0.05, 0.1) is 13.1 Å². The Balaban J connectivity index is 2.23. The molecule has 0 aromatic heterocycles. The largest absolute Gasteiger partial charge is 0.634 e. The minimum Gasteiger partial charge on any atom is -0.634 e. The molecule has 54 valence electrons. The van der Waals surface area contributed by atoms with E-state index in [1.54, 1.807) is 7.05 Å². The van der Waals surface area contributed by atoms with Crippen LogP contribution in [0.2, 0.25) is 0 Å². The van der Waals surface area contributed by atoms with E-state index in [2.05, 4.69) is 0 Å². The van der Waals surface area contributed by atoms with Gasteiger partial charge in [-0.3, -0.25) is 0 Å². The zero-order chi connectivity index (χ0) is 6.69. The topological polar surface area (TPSA) is 27.5 Å². The van der Waals surface area contributed by atoms with Crippen molar-refractivity contribution in [2.75, 3.05) is 7.05 Å². The molecule has 9 heavy (non-hydrogen) atoms. The van der Waals surface area contributed by atoms with Gasteiger partial charge >= 0.3 is 0 Å². The van der Waals surface area contributed by atoms with Crippen LogP contribution >= 0.6 is 0 Å². The smallest absolute Gasteiger partial charge is 0.0869 e. The predicted molar refractivity (Wildman–Crippen MR) is 37.1 cm³/mol. The van der Waals surface area contributed by atoms with E-state index in [1.807, 2.05) is 0 Å². The molecule has 0 spiro atoms. The van der Waals surface area contributed by atoms with Crippen LogP contribution in [0.25, 0.3) is 0 Å². The highest BCUT2D eigenvalue weighted by molar-refractivity contribution is 4.62. The van der Waals surface area contributed by atoms with Gasteiger partial charge in [-0.15, -0.1) is 0 Å². The molecule has 1 aliphatic rings. The third-order valence-electron chi connectivity index (χ3n) is 2.18. The predicted octanol–water partition coefficient (Wildman–Crippen LogP) is 0.332. The first-order valence-electron chi connectivity index (χ1n) is 3.81. The molecule has 1 fully saturated rings. The Labute approximate surface area is 56.4 Å². The quantitative estimate of drug-likeness (QED) is 0.508. The maximum Gasteiger partial charge on any atom is 0.0869 e. The average Bonchev–Trinajstić information content (AvgIpc) is 1.90. The number of hydrogen-bond acceptors (Lipinski definition) is 1. The molecule has 0 aromatic carbocycles. The molecule has 0 radical (unpaired) electrons. The standard InChI is InChI=1S/C7H15NO/c1-8(9)7-5-3-2-4-6-7/h7-8H,2-6H2,1H3. The first-order chi connectivity index (χ1) is 4.30. The first-order valence-corrected chi connectivity index (χ1v) is 3.81. The zero-order valence-electron chi connectivity index (χ0n) is 6.02. The normalized spacial score (nSPS) is 26.0. The van der Waals surface area contributed by atoms with Gasteiger partial charge in [-0.25, -0.2) is 0 Å². The van der Waals surface area contributed by atoms with Gasteiger partial charge in [0.1, 0.15) is 0 Å². The maximum absolute atomic E-state index is 10.8. The van der Waals surface area contributed by atoms with Gasteiger partial charge in [0.15, 0.2) is 0 Å². The lowest BCUT2D eigenvalue weighted by Crippen LogP contribution is -3.08. The summed E-state index contributed by atoms with van der Waals surface area (Å²) in [7, 11) is 1.72. The van der Waals surface area contributed by atoms with Crippen molar-refractivity contribution < 1.29 is 5.06 Å². The van der Waals surface area contributed by atoms with E-state index in [4.69, 9.17) is 0 Å². The summed E-state index contributed by atoms with van der Waals surface area (Å²) < 4.78 is 0. The molecule has 1 unspecified atom stereocenters. The molecule has 0 saturated heterocycles. The molecule has 2 nitrogen and oxygen atoms in total. The molecule has 1 atom stereocenters. The van der Waals surface area contributed by atoms with Crippen LogP contribution in [0.5, 0.6) is 0 Å². The Hall–Kier alpha value is -0.0800. The maximum atomic E-state index is 10.8. The SMILES string of the molecule is C[NH+]([O-])C1CCCCC1. The molecule has 1 saturated carbocycles. The molecule has 0 bridgehead atoms. The van der Waals surface area contributed by atoms with Crippen molar-refractivity contribution in [2.24, 2.45) is 0 Å². The summed E-state index contributed by atoms with van der Waals surface area (Å²) in [4.78, 5) is 0. The van der Waals surface area contributed by atoms with Gasteiger partial charge < -0.3 is 10.3 Å². The zero-order valence-corrected chi connectivity index (χ0v) is 6.02. The highest BCUT2D eigenvalue weighted by Gasteiger charge is 2.15. The minimum atomic E-state index is 0.398. The van der Waals surface area contributed by atoms with Gasteiger partial charge in [0.25, 0.3) is 0 Å². The van der Waals surface area contributed by atoms with Crippen LogP contribution < -0.4 is 5.06 Å². The van der Waals surface area contributed by atoms with Gasteiger partial charge in [0.2, 0.25) is 0 Å². The fraction of sp³-hybridized carbons (Fsp3) is 1.00. The first kappa shape index (κ1) is 7.03. The fourth-order valence-corrected chi connectivity index (χ4v) is 1.51. The van der Waals surface area contributed by atoms with E-state index in [-0.39, 0.29) is 0 Å². The van der Waals surface area contributed by atoms with E-state index in [0.29, 0.717) is 11.1 Å². The second kappa shape index (κ2) is 3.18. The Morgan fingerprint density at radius 3 is 2.11 bits per heavy atom. The molecule has 1 rings (SSSR count). The van der Waals surface area contributed by atoms with Gasteiger partial charge in [0, 0.05) is 0 Å². The Morgan fingerprint density at radius 1 is 1.22 bits per heavy atom. The molecule has 0 heterocycles. The molecule has 0 amide bonds. The van der Waals surface area contributed by atoms with Crippen molar-refractivity contribution >= 4 is 0 Å². The van der Waals surface area contributed by atoms with Crippen molar-refractivity contribution in [3.05, 3.63) is 5.21 Å². The van der Waals surface area contributed by atoms with Crippen molar-refractivity contribution in [2.45, 2.75) is 38.1 Å². The van der Waals surface area contributed by atoms with Crippen molar-refractivity contribution in [3.63, 3.8) is 0 Å². The molecule has 0 aromatic rings. The Morgan fingerprint density at radius 2 is 1.78 bits per heavy atom. The average molecular weight is 129 g/mol. The highest BCUT2D eigenvalue weighted by Crippen LogP contribution is 2.14. The molecule has 0 aliphatic heterocycles. The molecule has 2 heteroatoms. The summed E-state index contributed by atoms with van der Waals surface area (Å²) in [6, 6.07) is 0.416. The molecule has 1 N–H and O–H groups in total. The van der Waals surface area contributed by atoms with Crippen LogP contribution in [-0.2, 0) is 0 Å². The summed E-state index contributed by atoms with van der Waals surface area (Å²) >= 11 is 0. The summed E-state index contributed by atoms with van der Waals surface area (Å²) in [5, 5.41) is 11.2. The lowest BCUT2D eigenvalue weighted by molar-refractivity contribution is -0.856. The summed E-state index contributed by atoms with van der Waals surface area (Å²) in [6.07, 6.45) is 6.17. The molecular weight excluding hydrogens is 114 g/mol. The highest BCUT2D eigenvalue weighted by atomic mass is 16.5. The third-order valence-corrected chi connectivity index (χ3v) is 2.18. The van der Waals surface area contributed by atoms with Crippen molar-refractivity contribution in [1.29, 1.82) is 0 Å². The van der Waals surface area contributed by atoms with Crippen LogP contribution in [-0.4, -0.2) is 13.1 Å². The Kier molecular flexibility index (Phi) is 2.49. The summed E-state index contributed by atoms with van der Waals surface area (Å²) in [5.74, 6) is 0. The van der Waals surface area contributed by atoms with E-state index >= 15 is 0 Å². The number of quaternary nitrogens is 1. The van der Waals surface area contributed by atoms with Crippen LogP contribution in [0.15, 0.2) is 0 Å². The van der Waals surface area contributed by atoms with Crippen LogP contribution in [0.1, 0.15) is 32.1 Å². The van der Waals surface area contributed by atoms with E-state index < -0.39 is 0 Å². The summed E-state index contributed by atoms with van der Waals surface area (Å²) in [6.45, 7) is 0. The number of hydrogen-bond donors (Lipinski definition) is 1. The summed E-state index contributed by atoms with van der Waals surface area (Å²) in [5.41, 5.74) is 0. The van der Waals surface area contributed by atoms with Gasteiger partial charge in [-0.2, -0.15) is 0 Å². The molecule has 1 aliphatic carbocycles. The lowest BCUT2D eigenvalue weighted by Gasteiger charge is -2.30. The second-order valence-electron chi connectivity index (χ2n) is 2.95. The van der Waals surface area contributed by atoms with E-state index in [9.17, 15) is 5.21 Å². The van der Waals surface area contributed by atoms with Crippen LogP contribution in [0.3, 0.4) is 0 Å². The van der Waals surface area contributed by atoms with E-state index in [1.165, 1.54) is 19.3 Å². The monoisotopic (exact) mass is 129 g/mol. The number of hydroxylamine groups is 2. The van der Waals surface area contributed by atoms with Crippen LogP contribution in [0, 0.1) is 5.21 Å². The van der Waals surface area contributed by atoms with E-state index in [0.717, 1.165) is 12.8 Å². The van der Waals surface area contributed by atoms with Crippen molar-refractivity contribution in [3.8, 4) is 0 Å². The van der Waals surface area contributed by atoms with Crippen LogP contribution in [0.4, 0.5) is 0 Å². The molecular formula is C7H15NO. The minimum absolute atomic E-state index is 0.398. The lowest BCUT2D eigenvalue weighted by atomic mass is 9.96. The fourth-order valence-electron chi connectivity index (χ4n) is 1.51. The number of nitrogens with one attached hydrogen (secondary N) is 1. The van der Waals surface area contributed by atoms with Gasteiger partial charge in [-0.1, -0.05) is 6.42 Å². The number of rotatable bonds is 1. The third kappa shape index (κ3) is 1.95. The Bertz CT molecular complexity index is 77.0. The van der Waals surface area contributed by atoms with Gasteiger partial charge in [-0.05, 0) is 25.7 Å². The second-order valence-corrected chi connectivity index (χ2v) is 2.95.